The number of nitrogens with zero attached hydrogens (tertiary/aromatic N) is 3. The summed E-state index contributed by atoms with van der Waals surface area (Å²) >= 11 is 4.74. The summed E-state index contributed by atoms with van der Waals surface area (Å²) in [5.74, 6) is -0.553. The van der Waals surface area contributed by atoms with E-state index in [0.29, 0.717) is 18.7 Å². The minimum absolute atomic E-state index is 0.139. The Balaban J connectivity index is 1.69. The molecule has 1 saturated heterocycles. The average molecular weight is 370 g/mol. The molecule has 1 aromatic carbocycles. The normalized spacial score (nSPS) is 15.3. The van der Waals surface area contributed by atoms with E-state index >= 15 is 0 Å². The molecule has 1 aromatic heterocycles. The van der Waals surface area contributed by atoms with Crippen molar-refractivity contribution in [1.82, 2.24) is 9.88 Å². The Hall–Kier alpha value is -1.47. The molecule has 2 heterocycles. The Labute approximate surface area is 134 Å². The van der Waals surface area contributed by atoms with Crippen LogP contribution in [-0.4, -0.2) is 42.0 Å². The molecular weight excluding hydrogens is 357 g/mol. The van der Waals surface area contributed by atoms with E-state index in [-0.39, 0.29) is 10.4 Å². The summed E-state index contributed by atoms with van der Waals surface area (Å²) < 4.78 is 13.8. The number of rotatable bonds is 2. The number of carbonyl (C=O) groups excluding carboxylic acids is 1. The maximum atomic E-state index is 13.5. The Morgan fingerprint density at radius 1 is 1.29 bits per heavy atom. The van der Waals surface area contributed by atoms with Gasteiger partial charge in [0.25, 0.3) is 5.91 Å². The van der Waals surface area contributed by atoms with Gasteiger partial charge in [0, 0.05) is 37.8 Å². The van der Waals surface area contributed by atoms with Crippen LogP contribution in [0.4, 0.5) is 9.52 Å². The number of hydrogen-bond acceptors (Lipinski definition) is 4. The van der Waals surface area contributed by atoms with Crippen molar-refractivity contribution in [3.63, 3.8) is 0 Å². The van der Waals surface area contributed by atoms with E-state index in [1.165, 1.54) is 6.07 Å². The number of anilines is 1. The molecule has 3 rings (SSSR count). The highest BCUT2D eigenvalue weighted by Gasteiger charge is 2.25. The van der Waals surface area contributed by atoms with Crippen molar-refractivity contribution in [2.45, 2.75) is 0 Å². The van der Waals surface area contributed by atoms with Gasteiger partial charge in [0.15, 0.2) is 5.13 Å². The molecule has 0 N–H and O–H groups in total. The fraction of sp³-hybridized carbons (Fsp3) is 0.286. The van der Waals surface area contributed by atoms with E-state index in [9.17, 15) is 9.18 Å². The standard InChI is InChI=1S/C14H13BrFN3OS/c15-12-10(2-1-3-11(12)16)13(20)18-5-7-19(8-6-18)14-17-4-9-21-14/h1-4,9H,5-8H2. The first-order valence-corrected chi connectivity index (χ1v) is 8.22. The molecular formula is C14H13BrFN3OS. The van der Waals surface area contributed by atoms with Crippen LogP contribution >= 0.6 is 27.3 Å². The maximum absolute atomic E-state index is 13.5. The molecule has 0 aliphatic carbocycles. The number of piperazine rings is 1. The molecule has 7 heteroatoms. The Morgan fingerprint density at radius 2 is 2.05 bits per heavy atom. The van der Waals surface area contributed by atoms with Crippen molar-refractivity contribution in [1.29, 1.82) is 0 Å². The zero-order valence-electron chi connectivity index (χ0n) is 11.1. The molecule has 1 aliphatic rings. The Morgan fingerprint density at radius 3 is 2.71 bits per heavy atom. The summed E-state index contributed by atoms with van der Waals surface area (Å²) in [7, 11) is 0. The van der Waals surface area contributed by atoms with Crippen LogP contribution in [0.3, 0.4) is 0 Å². The van der Waals surface area contributed by atoms with Crippen LogP contribution in [0.2, 0.25) is 0 Å². The molecule has 0 atom stereocenters. The van der Waals surface area contributed by atoms with Gasteiger partial charge in [-0.15, -0.1) is 11.3 Å². The second-order valence-corrected chi connectivity index (χ2v) is 6.36. The van der Waals surface area contributed by atoms with E-state index in [0.717, 1.165) is 18.2 Å². The lowest BCUT2D eigenvalue weighted by Crippen LogP contribution is -2.48. The smallest absolute Gasteiger partial charge is 0.255 e. The van der Waals surface area contributed by atoms with Gasteiger partial charge in [-0.25, -0.2) is 9.37 Å². The second kappa shape index (κ2) is 6.11. The van der Waals surface area contributed by atoms with Gasteiger partial charge >= 0.3 is 0 Å². The van der Waals surface area contributed by atoms with Crippen LogP contribution in [0.1, 0.15) is 10.4 Å². The summed E-state index contributed by atoms with van der Waals surface area (Å²) in [5, 5.41) is 2.92. The van der Waals surface area contributed by atoms with Gasteiger partial charge in [-0.1, -0.05) is 6.07 Å². The molecule has 21 heavy (non-hydrogen) atoms. The SMILES string of the molecule is O=C(c1cccc(F)c1Br)N1CCN(c2nccs2)CC1. The third-order valence-corrected chi connectivity index (χ3v) is 5.08. The van der Waals surface area contributed by atoms with Crippen LogP contribution in [0.25, 0.3) is 0 Å². The molecule has 1 amide bonds. The minimum Gasteiger partial charge on any atom is -0.345 e. The summed E-state index contributed by atoms with van der Waals surface area (Å²) in [4.78, 5) is 20.7. The van der Waals surface area contributed by atoms with Crippen LogP contribution in [0.15, 0.2) is 34.2 Å². The molecule has 0 unspecified atom stereocenters. The highest BCUT2D eigenvalue weighted by atomic mass is 79.9. The highest BCUT2D eigenvalue weighted by Crippen LogP contribution is 2.23. The number of hydrogen-bond donors (Lipinski definition) is 0. The third-order valence-electron chi connectivity index (χ3n) is 3.44. The van der Waals surface area contributed by atoms with Gasteiger partial charge in [-0.2, -0.15) is 0 Å². The topological polar surface area (TPSA) is 36.4 Å². The van der Waals surface area contributed by atoms with Crippen LogP contribution in [0, 0.1) is 5.82 Å². The fourth-order valence-electron chi connectivity index (χ4n) is 2.31. The first-order valence-electron chi connectivity index (χ1n) is 6.54. The predicted molar refractivity (Wildman–Crippen MR) is 84.3 cm³/mol. The molecule has 0 radical (unpaired) electrons. The predicted octanol–water partition coefficient (Wildman–Crippen LogP) is 3.01. The largest absolute Gasteiger partial charge is 0.345 e. The summed E-state index contributed by atoms with van der Waals surface area (Å²) in [6.07, 6.45) is 1.78. The number of amides is 1. The number of aromatic nitrogens is 1. The third kappa shape index (κ3) is 2.94. The second-order valence-electron chi connectivity index (χ2n) is 4.70. The minimum atomic E-state index is -0.415. The molecule has 0 saturated carbocycles. The quantitative estimate of drug-likeness (QED) is 0.816. The molecule has 0 spiro atoms. The lowest BCUT2D eigenvalue weighted by molar-refractivity contribution is 0.0745. The lowest BCUT2D eigenvalue weighted by atomic mass is 10.2. The van der Waals surface area contributed by atoms with Crippen molar-refractivity contribution in [2.75, 3.05) is 31.1 Å². The Bertz CT molecular complexity index is 642. The molecule has 4 nitrogen and oxygen atoms in total. The van der Waals surface area contributed by atoms with Gasteiger partial charge in [0.1, 0.15) is 5.82 Å². The highest BCUT2D eigenvalue weighted by molar-refractivity contribution is 9.10. The van der Waals surface area contributed by atoms with Gasteiger partial charge in [-0.3, -0.25) is 4.79 Å². The zero-order valence-corrected chi connectivity index (χ0v) is 13.5. The van der Waals surface area contributed by atoms with Crippen LogP contribution in [0.5, 0.6) is 0 Å². The number of halogens is 2. The summed E-state index contributed by atoms with van der Waals surface area (Å²) in [6.45, 7) is 2.71. The first kappa shape index (κ1) is 14.5. The van der Waals surface area contributed by atoms with E-state index in [1.54, 1.807) is 34.6 Å². The van der Waals surface area contributed by atoms with Gasteiger partial charge in [-0.05, 0) is 28.1 Å². The van der Waals surface area contributed by atoms with Crippen molar-refractivity contribution in [3.8, 4) is 0 Å². The van der Waals surface area contributed by atoms with E-state index in [2.05, 4.69) is 25.8 Å². The summed E-state index contributed by atoms with van der Waals surface area (Å²) in [5.41, 5.74) is 0.373. The summed E-state index contributed by atoms with van der Waals surface area (Å²) in [6, 6.07) is 4.53. The number of benzene rings is 1. The van der Waals surface area contributed by atoms with E-state index in [1.807, 2.05) is 5.38 Å². The molecule has 1 aliphatic heterocycles. The maximum Gasteiger partial charge on any atom is 0.255 e. The van der Waals surface area contributed by atoms with Crippen LogP contribution < -0.4 is 4.90 Å². The molecule has 2 aromatic rings. The van der Waals surface area contributed by atoms with Crippen LogP contribution in [-0.2, 0) is 0 Å². The van der Waals surface area contributed by atoms with E-state index in [4.69, 9.17) is 0 Å². The van der Waals surface area contributed by atoms with Gasteiger partial charge in [0.2, 0.25) is 0 Å². The van der Waals surface area contributed by atoms with E-state index < -0.39 is 5.82 Å². The number of carbonyl (C=O) groups is 1. The van der Waals surface area contributed by atoms with Gasteiger partial charge < -0.3 is 9.80 Å². The monoisotopic (exact) mass is 369 g/mol. The first-order chi connectivity index (χ1) is 10.2. The van der Waals surface area contributed by atoms with Crippen molar-refractivity contribution in [3.05, 3.63) is 45.6 Å². The average Bonchev–Trinajstić information content (AvgIpc) is 3.04. The fourth-order valence-corrected chi connectivity index (χ4v) is 3.44. The van der Waals surface area contributed by atoms with Gasteiger partial charge in [0.05, 0.1) is 10.0 Å². The van der Waals surface area contributed by atoms with Crippen molar-refractivity contribution in [2.24, 2.45) is 0 Å². The Kier molecular flexibility index (Phi) is 4.21. The molecule has 110 valence electrons. The molecule has 1 fully saturated rings. The zero-order chi connectivity index (χ0) is 14.8. The molecule has 0 bridgehead atoms. The number of thiazole rings is 1. The lowest BCUT2D eigenvalue weighted by Gasteiger charge is -2.34. The van der Waals surface area contributed by atoms with Crippen molar-refractivity contribution >= 4 is 38.3 Å². The van der Waals surface area contributed by atoms with Crippen molar-refractivity contribution < 1.29 is 9.18 Å².